The number of nitrogens with two attached hydrogens (primary N) is 1. The van der Waals surface area contributed by atoms with Crippen molar-refractivity contribution in [3.63, 3.8) is 0 Å². The van der Waals surface area contributed by atoms with Crippen LogP contribution in [0.2, 0.25) is 0 Å². The number of hydrogen-bond donors (Lipinski definition) is 4. The maximum absolute atomic E-state index is 12.1. The highest BCUT2D eigenvalue weighted by Gasteiger charge is 2.23. The van der Waals surface area contributed by atoms with Crippen LogP contribution >= 0.6 is 0 Å². The maximum Gasteiger partial charge on any atom is 0.257 e. The summed E-state index contributed by atoms with van der Waals surface area (Å²) >= 11 is 0. The first kappa shape index (κ1) is 10.5. The highest BCUT2D eigenvalue weighted by molar-refractivity contribution is 5.54. The Bertz CT molecular complexity index is 344. The van der Waals surface area contributed by atoms with E-state index in [1.165, 1.54) is 0 Å². The molecule has 0 amide bonds. The Labute approximate surface area is 78.2 Å². The third-order valence-electron chi connectivity index (χ3n) is 1.79. The molecular weight excluding hydrogens is 196 g/mol. The van der Waals surface area contributed by atoms with Crippen LogP contribution in [-0.2, 0) is 0 Å². The van der Waals surface area contributed by atoms with Gasteiger partial charge in [-0.05, 0) is 12.1 Å². The largest absolute Gasteiger partial charge is 0.504 e. The lowest BCUT2D eigenvalue weighted by Gasteiger charge is -2.13. The molecule has 1 aromatic rings. The lowest BCUT2D eigenvalue weighted by molar-refractivity contribution is 0.115. The average Bonchev–Trinajstić information content (AvgIpc) is 2.13. The molecule has 78 valence electrons. The summed E-state index contributed by atoms with van der Waals surface area (Å²) in [6, 6.07) is 0.315. The second kappa shape index (κ2) is 3.67. The van der Waals surface area contributed by atoms with E-state index in [1.807, 2.05) is 0 Å². The van der Waals surface area contributed by atoms with Crippen LogP contribution in [0.25, 0.3) is 0 Å². The van der Waals surface area contributed by atoms with Crippen molar-refractivity contribution in [2.24, 2.45) is 5.73 Å². The smallest absolute Gasteiger partial charge is 0.257 e. The number of halogens is 2. The van der Waals surface area contributed by atoms with Crippen LogP contribution in [0.3, 0.4) is 0 Å². The number of benzene rings is 1. The standard InChI is InChI=1S/C8H9F2NO3/c9-8(10)5(11)3-1-2-4(12)7(14)6(3)13/h1-2,5,8,12-14H,11H2. The zero-order chi connectivity index (χ0) is 10.9. The van der Waals surface area contributed by atoms with Crippen molar-refractivity contribution in [2.45, 2.75) is 12.5 Å². The molecule has 0 aliphatic rings. The normalized spacial score (nSPS) is 13.1. The fourth-order valence-electron chi connectivity index (χ4n) is 0.989. The van der Waals surface area contributed by atoms with Crippen LogP contribution in [0.1, 0.15) is 11.6 Å². The summed E-state index contributed by atoms with van der Waals surface area (Å²) in [6.07, 6.45) is -2.86. The minimum Gasteiger partial charge on any atom is -0.504 e. The maximum atomic E-state index is 12.1. The van der Waals surface area contributed by atoms with E-state index in [2.05, 4.69) is 0 Å². The van der Waals surface area contributed by atoms with E-state index in [0.29, 0.717) is 0 Å². The molecule has 1 unspecified atom stereocenters. The predicted octanol–water partition coefficient (Wildman–Crippen LogP) is 1.07. The number of phenols is 3. The van der Waals surface area contributed by atoms with Gasteiger partial charge in [0, 0.05) is 5.56 Å². The lowest BCUT2D eigenvalue weighted by Crippen LogP contribution is -2.18. The molecular formula is C8H9F2NO3. The van der Waals surface area contributed by atoms with Gasteiger partial charge in [0.2, 0.25) is 5.75 Å². The Morgan fingerprint density at radius 1 is 1.07 bits per heavy atom. The number of rotatable bonds is 2. The average molecular weight is 205 g/mol. The first-order valence-electron chi connectivity index (χ1n) is 3.72. The van der Waals surface area contributed by atoms with Crippen molar-refractivity contribution >= 4 is 0 Å². The van der Waals surface area contributed by atoms with Crippen LogP contribution in [0, 0.1) is 0 Å². The number of phenolic OH excluding ortho intramolecular Hbond substituents is 3. The summed E-state index contributed by atoms with van der Waals surface area (Å²) in [5, 5.41) is 27.1. The van der Waals surface area contributed by atoms with E-state index in [9.17, 15) is 13.9 Å². The molecule has 0 aromatic heterocycles. The van der Waals surface area contributed by atoms with Gasteiger partial charge in [-0.3, -0.25) is 0 Å². The molecule has 0 bridgehead atoms. The van der Waals surface area contributed by atoms with Crippen molar-refractivity contribution in [1.82, 2.24) is 0 Å². The van der Waals surface area contributed by atoms with E-state index in [4.69, 9.17) is 15.9 Å². The zero-order valence-corrected chi connectivity index (χ0v) is 6.98. The van der Waals surface area contributed by atoms with Gasteiger partial charge in [-0.1, -0.05) is 0 Å². The summed E-state index contributed by atoms with van der Waals surface area (Å²) < 4.78 is 24.3. The highest BCUT2D eigenvalue weighted by atomic mass is 19.3. The first-order chi connectivity index (χ1) is 6.45. The van der Waals surface area contributed by atoms with E-state index in [0.717, 1.165) is 12.1 Å². The van der Waals surface area contributed by atoms with E-state index in [-0.39, 0.29) is 5.56 Å². The molecule has 6 heteroatoms. The number of alkyl halides is 2. The van der Waals surface area contributed by atoms with Gasteiger partial charge in [0.25, 0.3) is 6.43 Å². The molecule has 4 nitrogen and oxygen atoms in total. The molecule has 1 rings (SSSR count). The Morgan fingerprint density at radius 3 is 2.14 bits per heavy atom. The van der Waals surface area contributed by atoms with E-state index >= 15 is 0 Å². The molecule has 1 aromatic carbocycles. The summed E-state index contributed by atoms with van der Waals surface area (Å²) in [5.41, 5.74) is 4.74. The fraction of sp³-hybridized carbons (Fsp3) is 0.250. The zero-order valence-electron chi connectivity index (χ0n) is 6.98. The Kier molecular flexibility index (Phi) is 2.76. The van der Waals surface area contributed by atoms with Crippen LogP contribution in [0.5, 0.6) is 17.2 Å². The first-order valence-corrected chi connectivity index (χ1v) is 3.72. The van der Waals surface area contributed by atoms with Crippen LogP contribution in [-0.4, -0.2) is 21.7 Å². The fourth-order valence-corrected chi connectivity index (χ4v) is 0.989. The van der Waals surface area contributed by atoms with Gasteiger partial charge >= 0.3 is 0 Å². The summed E-state index contributed by atoms with van der Waals surface area (Å²) in [7, 11) is 0. The van der Waals surface area contributed by atoms with Crippen LogP contribution in [0.4, 0.5) is 8.78 Å². The number of hydrogen-bond acceptors (Lipinski definition) is 4. The van der Waals surface area contributed by atoms with Crippen molar-refractivity contribution in [3.05, 3.63) is 17.7 Å². The SMILES string of the molecule is NC(c1ccc(O)c(O)c1O)C(F)F. The highest BCUT2D eigenvalue weighted by Crippen LogP contribution is 2.40. The van der Waals surface area contributed by atoms with Gasteiger partial charge in [0.05, 0.1) is 6.04 Å². The van der Waals surface area contributed by atoms with Crippen molar-refractivity contribution in [3.8, 4) is 17.2 Å². The molecule has 14 heavy (non-hydrogen) atoms. The molecule has 0 heterocycles. The van der Waals surface area contributed by atoms with Crippen molar-refractivity contribution < 1.29 is 24.1 Å². The summed E-state index contributed by atoms with van der Waals surface area (Å²) in [5.74, 6) is -2.26. The minimum absolute atomic E-state index is 0.310. The van der Waals surface area contributed by atoms with Gasteiger partial charge < -0.3 is 21.1 Å². The van der Waals surface area contributed by atoms with Gasteiger partial charge in [0.1, 0.15) is 0 Å². The minimum atomic E-state index is -2.86. The van der Waals surface area contributed by atoms with Gasteiger partial charge in [0.15, 0.2) is 11.5 Å². The molecule has 0 saturated heterocycles. The van der Waals surface area contributed by atoms with Crippen molar-refractivity contribution in [1.29, 1.82) is 0 Å². The summed E-state index contributed by atoms with van der Waals surface area (Å²) in [6.45, 7) is 0. The monoisotopic (exact) mass is 205 g/mol. The van der Waals surface area contributed by atoms with Crippen LogP contribution < -0.4 is 5.73 Å². The van der Waals surface area contributed by atoms with Crippen LogP contribution in [0.15, 0.2) is 12.1 Å². The Morgan fingerprint density at radius 2 is 1.64 bits per heavy atom. The quantitative estimate of drug-likeness (QED) is 0.544. The molecule has 5 N–H and O–H groups in total. The molecule has 0 aliphatic heterocycles. The second-order valence-corrected chi connectivity index (χ2v) is 2.73. The van der Waals surface area contributed by atoms with Gasteiger partial charge in [-0.15, -0.1) is 0 Å². The molecule has 0 aliphatic carbocycles. The summed E-state index contributed by atoms with van der Waals surface area (Å²) in [4.78, 5) is 0. The van der Waals surface area contributed by atoms with Gasteiger partial charge in [-0.25, -0.2) is 8.78 Å². The predicted molar refractivity (Wildman–Crippen MR) is 44.4 cm³/mol. The molecule has 0 spiro atoms. The topological polar surface area (TPSA) is 86.7 Å². The Balaban J connectivity index is 3.17. The van der Waals surface area contributed by atoms with Crippen molar-refractivity contribution in [2.75, 3.05) is 0 Å². The number of aromatic hydroxyl groups is 3. The molecule has 0 fully saturated rings. The molecule has 0 radical (unpaired) electrons. The third kappa shape index (κ3) is 1.69. The molecule has 1 atom stereocenters. The van der Waals surface area contributed by atoms with E-state index < -0.39 is 29.7 Å². The molecule has 0 saturated carbocycles. The van der Waals surface area contributed by atoms with E-state index in [1.54, 1.807) is 0 Å². The Hall–Kier alpha value is -1.56. The van der Waals surface area contributed by atoms with Gasteiger partial charge in [-0.2, -0.15) is 0 Å². The third-order valence-corrected chi connectivity index (χ3v) is 1.79. The lowest BCUT2D eigenvalue weighted by atomic mass is 10.1. The second-order valence-electron chi connectivity index (χ2n) is 2.73.